The fraction of sp³-hybridized carbons (Fsp3) is 1.00. The van der Waals surface area contributed by atoms with Crippen molar-refractivity contribution in [3.05, 3.63) is 0 Å². The van der Waals surface area contributed by atoms with E-state index in [2.05, 4.69) is 5.73 Å². The van der Waals surface area contributed by atoms with Crippen LogP contribution in [0.5, 0.6) is 0 Å². The van der Waals surface area contributed by atoms with Gasteiger partial charge in [0, 0.05) is 6.92 Å². The van der Waals surface area contributed by atoms with Gasteiger partial charge in [-0.1, -0.05) is 0 Å². The first kappa shape index (κ1) is 4.85. The molecule has 0 aliphatic heterocycles. The first-order valence-corrected chi connectivity index (χ1v) is 1.20. The van der Waals surface area contributed by atoms with Crippen molar-refractivity contribution in [1.29, 1.82) is 0 Å². The Labute approximate surface area is 29.4 Å². The molecule has 0 saturated carbocycles. The van der Waals surface area contributed by atoms with Crippen LogP contribution in [0.1, 0.15) is 6.92 Å². The van der Waals surface area contributed by atoms with Gasteiger partial charge in [0.1, 0.15) is 0 Å². The zero-order chi connectivity index (χ0) is 4.50. The smallest absolute Gasteiger partial charge is 0.258 e. The van der Waals surface area contributed by atoms with Crippen LogP contribution in [-0.4, -0.2) is 11.1 Å². The molecule has 0 aliphatic rings. The minimum Gasteiger partial charge on any atom is -0.350 e. The van der Waals surface area contributed by atoms with Gasteiger partial charge in [-0.25, -0.2) is 0 Å². The van der Waals surface area contributed by atoms with Crippen molar-refractivity contribution in [1.82, 2.24) is 0 Å². The molecule has 5 heavy (non-hydrogen) atoms. The molecule has 0 heterocycles. The summed E-state index contributed by atoms with van der Waals surface area (Å²) in [5.41, 5.74) is 4.24. The van der Waals surface area contributed by atoms with Crippen LogP contribution in [-0.2, 0) is 0 Å². The van der Waals surface area contributed by atoms with E-state index in [0.717, 1.165) is 6.92 Å². The molecule has 32 valence electrons. The van der Waals surface area contributed by atoms with Gasteiger partial charge in [-0.05, 0) is 0 Å². The predicted molar refractivity (Wildman–Crippen MR) is 15.9 cm³/mol. The molecule has 0 rings (SSSR count). The number of halogens is 1. The fourth-order valence-corrected chi connectivity index (χ4v) is 0. The number of rotatable bonds is 0. The van der Waals surface area contributed by atoms with Crippen molar-refractivity contribution in [2.45, 2.75) is 12.9 Å². The van der Waals surface area contributed by atoms with Crippen molar-refractivity contribution in [3.8, 4) is 0 Å². The molecule has 0 aliphatic carbocycles. The van der Waals surface area contributed by atoms with Gasteiger partial charge in [0.25, 0.3) is 5.98 Å². The highest BCUT2D eigenvalue weighted by Gasteiger charge is 2.05. The normalized spacial score (nSPS) is 21.6. The summed E-state index contributed by atoms with van der Waals surface area (Å²) in [4.78, 5) is 0. The molecule has 0 radical (unpaired) electrons. The van der Waals surface area contributed by atoms with Crippen LogP contribution in [0.25, 0.3) is 0 Å². The summed E-state index contributed by atoms with van der Waals surface area (Å²) in [5, 5.41) is 7.63. The largest absolute Gasteiger partial charge is 0.350 e. The van der Waals surface area contributed by atoms with E-state index in [1.807, 2.05) is 0 Å². The summed E-state index contributed by atoms with van der Waals surface area (Å²) in [6, 6.07) is 0. The summed E-state index contributed by atoms with van der Waals surface area (Å²) in [6.45, 7) is 0.854. The van der Waals surface area contributed by atoms with Gasteiger partial charge < -0.3 is 5.11 Å². The zero-order valence-corrected chi connectivity index (χ0v) is 2.90. The summed E-state index contributed by atoms with van der Waals surface area (Å²) in [7, 11) is 0. The maximum atomic E-state index is 11.0. The fourth-order valence-electron chi connectivity index (χ4n) is 0. The molecule has 1 atom stereocenters. The summed E-state index contributed by atoms with van der Waals surface area (Å²) >= 11 is 0. The van der Waals surface area contributed by atoms with E-state index in [4.69, 9.17) is 5.11 Å². The minimum atomic E-state index is -2.50. The third kappa shape index (κ3) is 586. The standard InChI is InChI=1S/C2H6FNO/c1-2(3,4)5/h5H,4H2,1H3. The van der Waals surface area contributed by atoms with Gasteiger partial charge in [-0.2, -0.15) is 4.39 Å². The maximum Gasteiger partial charge on any atom is 0.258 e. The molecule has 0 amide bonds. The van der Waals surface area contributed by atoms with Gasteiger partial charge in [0.15, 0.2) is 0 Å². The Balaban J connectivity index is 3.02. The van der Waals surface area contributed by atoms with Crippen LogP contribution in [0.15, 0.2) is 0 Å². The zero-order valence-electron chi connectivity index (χ0n) is 2.90. The van der Waals surface area contributed by atoms with Crippen LogP contribution in [0.4, 0.5) is 4.39 Å². The van der Waals surface area contributed by atoms with E-state index >= 15 is 0 Å². The van der Waals surface area contributed by atoms with Crippen molar-refractivity contribution >= 4 is 0 Å². The number of alkyl halides is 1. The first-order valence-electron chi connectivity index (χ1n) is 1.20. The quantitative estimate of drug-likeness (QED) is 0.306. The molecule has 3 N–H and O–H groups in total. The van der Waals surface area contributed by atoms with Gasteiger partial charge in [0.05, 0.1) is 0 Å². The van der Waals surface area contributed by atoms with Gasteiger partial charge in [-0.3, -0.25) is 5.73 Å². The summed E-state index contributed by atoms with van der Waals surface area (Å²) in [5.74, 6) is -2.50. The second kappa shape index (κ2) is 0.914. The lowest BCUT2D eigenvalue weighted by Gasteiger charge is -1.99. The monoisotopic (exact) mass is 79.0 g/mol. The summed E-state index contributed by atoms with van der Waals surface area (Å²) in [6.07, 6.45) is 0. The number of hydrogen-bond acceptors (Lipinski definition) is 2. The van der Waals surface area contributed by atoms with E-state index in [9.17, 15) is 4.39 Å². The van der Waals surface area contributed by atoms with Gasteiger partial charge >= 0.3 is 0 Å². The van der Waals surface area contributed by atoms with E-state index in [-0.39, 0.29) is 0 Å². The first-order chi connectivity index (χ1) is 2.00. The molecule has 0 aromatic rings. The van der Waals surface area contributed by atoms with E-state index in [1.54, 1.807) is 0 Å². The Bertz CT molecular complexity index is 25.1. The second-order valence-electron chi connectivity index (χ2n) is 1.02. The highest BCUT2D eigenvalue weighted by atomic mass is 19.2. The Kier molecular flexibility index (Phi) is 0.886. The Hall–Kier alpha value is -0.150. The van der Waals surface area contributed by atoms with Crippen LogP contribution >= 0.6 is 0 Å². The summed E-state index contributed by atoms with van der Waals surface area (Å²) < 4.78 is 11.0. The van der Waals surface area contributed by atoms with Crippen LogP contribution in [0.2, 0.25) is 0 Å². The van der Waals surface area contributed by atoms with E-state index < -0.39 is 5.98 Å². The molecule has 0 aromatic heterocycles. The number of aliphatic hydroxyl groups is 1. The Morgan fingerprint density at radius 2 is 2.00 bits per heavy atom. The lowest BCUT2D eigenvalue weighted by atomic mass is 10.7. The maximum absolute atomic E-state index is 11.0. The van der Waals surface area contributed by atoms with E-state index in [1.165, 1.54) is 0 Å². The van der Waals surface area contributed by atoms with Crippen molar-refractivity contribution in [2.24, 2.45) is 5.73 Å². The average molecular weight is 79.1 g/mol. The van der Waals surface area contributed by atoms with Crippen molar-refractivity contribution in [2.75, 3.05) is 0 Å². The van der Waals surface area contributed by atoms with Crippen molar-refractivity contribution in [3.63, 3.8) is 0 Å². The predicted octanol–water partition coefficient (Wildman–Crippen LogP) is -0.419. The molecule has 0 aromatic carbocycles. The highest BCUT2D eigenvalue weighted by Crippen LogP contribution is 1.87. The molecular weight excluding hydrogens is 73.0 g/mol. The second-order valence-corrected chi connectivity index (χ2v) is 1.02. The molecule has 0 saturated heterocycles. The van der Waals surface area contributed by atoms with E-state index in [0.29, 0.717) is 0 Å². The molecule has 0 fully saturated rings. The van der Waals surface area contributed by atoms with Gasteiger partial charge in [-0.15, -0.1) is 0 Å². The topological polar surface area (TPSA) is 46.2 Å². The molecular formula is C2H6FNO. The third-order valence-electron chi connectivity index (χ3n) is 0. The average Bonchev–Trinajstić information content (AvgIpc) is 0.722. The molecule has 2 nitrogen and oxygen atoms in total. The molecule has 3 heteroatoms. The van der Waals surface area contributed by atoms with Gasteiger partial charge in [0.2, 0.25) is 0 Å². The van der Waals surface area contributed by atoms with Crippen molar-refractivity contribution < 1.29 is 9.50 Å². The third-order valence-corrected chi connectivity index (χ3v) is 0. The molecule has 0 bridgehead atoms. The Morgan fingerprint density at radius 3 is 2.00 bits per heavy atom. The number of nitrogens with two attached hydrogens (primary N) is 1. The molecule has 1 unspecified atom stereocenters. The van der Waals surface area contributed by atoms with Crippen LogP contribution in [0, 0.1) is 0 Å². The molecule has 0 spiro atoms. The SMILES string of the molecule is CC(N)(O)F. The number of hydrogen-bond donors (Lipinski definition) is 2. The lowest BCUT2D eigenvalue weighted by Crippen LogP contribution is -2.28. The Morgan fingerprint density at radius 1 is 2.00 bits per heavy atom. The minimum absolute atomic E-state index is 0.854. The highest BCUT2D eigenvalue weighted by molar-refractivity contribution is 4.35. The van der Waals surface area contributed by atoms with Crippen LogP contribution in [0.3, 0.4) is 0 Å². The van der Waals surface area contributed by atoms with Crippen LogP contribution < -0.4 is 5.73 Å². The lowest BCUT2D eigenvalue weighted by molar-refractivity contribution is -0.0636.